The van der Waals surface area contributed by atoms with Crippen LogP contribution in [0.2, 0.25) is 0 Å². The van der Waals surface area contributed by atoms with Crippen LogP contribution in [0.25, 0.3) is 0 Å². The molecule has 1 saturated heterocycles. The Hall–Kier alpha value is -1.23. The summed E-state index contributed by atoms with van der Waals surface area (Å²) in [6.45, 7) is 10.2. The lowest BCUT2D eigenvalue weighted by molar-refractivity contribution is 0.0172. The minimum atomic E-state index is -0.435. The molecule has 1 heterocycles. The lowest BCUT2D eigenvalue weighted by Gasteiger charge is -2.34. The highest BCUT2D eigenvalue weighted by atomic mass is 79.9. The fraction of sp³-hybridized carbons (Fsp3) is 0.611. The van der Waals surface area contributed by atoms with E-state index in [1.54, 1.807) is 0 Å². The monoisotopic (exact) mass is 382 g/mol. The quantitative estimate of drug-likeness (QED) is 0.814. The lowest BCUT2D eigenvalue weighted by atomic mass is 9.98. The van der Waals surface area contributed by atoms with Crippen LogP contribution in [-0.2, 0) is 4.74 Å². The third kappa shape index (κ3) is 5.72. The van der Waals surface area contributed by atoms with E-state index in [0.29, 0.717) is 5.92 Å². The van der Waals surface area contributed by atoms with Gasteiger partial charge in [-0.25, -0.2) is 4.79 Å². The molecule has 1 atom stereocenters. The molecule has 1 amide bonds. The smallest absolute Gasteiger partial charge is 0.410 e. The summed E-state index contributed by atoms with van der Waals surface area (Å²) in [5, 5.41) is 3.52. The molecule has 1 N–H and O–H groups in total. The first-order chi connectivity index (χ1) is 10.7. The molecule has 0 spiro atoms. The van der Waals surface area contributed by atoms with Crippen LogP contribution in [-0.4, -0.2) is 36.2 Å². The number of benzene rings is 1. The van der Waals surface area contributed by atoms with Crippen LogP contribution in [0.15, 0.2) is 22.7 Å². The predicted molar refractivity (Wildman–Crippen MR) is 97.9 cm³/mol. The molecule has 5 heteroatoms. The number of carbonyl (C=O) groups is 1. The molecule has 1 fully saturated rings. The minimum Gasteiger partial charge on any atom is -0.444 e. The maximum atomic E-state index is 12.2. The molecule has 1 aliphatic heterocycles. The fourth-order valence-corrected chi connectivity index (χ4v) is 3.12. The first-order valence-electron chi connectivity index (χ1n) is 8.22. The van der Waals surface area contributed by atoms with Crippen LogP contribution in [0, 0.1) is 12.8 Å². The SMILES string of the molecule is Cc1ccc(Br)cc1NCC1CCCN(C(=O)OC(C)(C)C)C1. The van der Waals surface area contributed by atoms with Crippen molar-refractivity contribution in [3.8, 4) is 0 Å². The van der Waals surface area contributed by atoms with Gasteiger partial charge in [0.1, 0.15) is 5.60 Å². The highest BCUT2D eigenvalue weighted by molar-refractivity contribution is 9.10. The lowest BCUT2D eigenvalue weighted by Crippen LogP contribution is -2.44. The third-order valence-electron chi connectivity index (χ3n) is 3.95. The number of piperidine rings is 1. The van der Waals surface area contributed by atoms with Crippen LogP contribution < -0.4 is 5.32 Å². The Morgan fingerprint density at radius 2 is 2.17 bits per heavy atom. The van der Waals surface area contributed by atoms with E-state index >= 15 is 0 Å². The number of halogens is 1. The number of hydrogen-bond donors (Lipinski definition) is 1. The molecule has 0 radical (unpaired) electrons. The summed E-state index contributed by atoms with van der Waals surface area (Å²) in [7, 11) is 0. The normalized spacial score (nSPS) is 18.7. The maximum absolute atomic E-state index is 12.2. The first kappa shape index (κ1) is 18.1. The van der Waals surface area contributed by atoms with Gasteiger partial charge in [0, 0.05) is 29.8 Å². The zero-order valence-corrected chi connectivity index (χ0v) is 16.1. The Morgan fingerprint density at radius 3 is 2.87 bits per heavy atom. The molecule has 1 aliphatic rings. The minimum absolute atomic E-state index is 0.194. The van der Waals surface area contributed by atoms with Gasteiger partial charge in [-0.15, -0.1) is 0 Å². The number of rotatable bonds is 3. The second-order valence-corrected chi connectivity index (χ2v) is 8.19. The van der Waals surface area contributed by atoms with E-state index in [1.165, 1.54) is 5.56 Å². The molecule has 0 aliphatic carbocycles. The average Bonchev–Trinajstić information content (AvgIpc) is 2.47. The van der Waals surface area contributed by atoms with Crippen molar-refractivity contribution >= 4 is 27.7 Å². The number of anilines is 1. The van der Waals surface area contributed by atoms with Crippen LogP contribution in [0.5, 0.6) is 0 Å². The van der Waals surface area contributed by atoms with E-state index in [4.69, 9.17) is 4.74 Å². The third-order valence-corrected chi connectivity index (χ3v) is 4.44. The zero-order chi connectivity index (χ0) is 17.0. The van der Waals surface area contributed by atoms with Crippen LogP contribution in [0.4, 0.5) is 10.5 Å². The Bertz CT molecular complexity index is 554. The van der Waals surface area contributed by atoms with Crippen molar-refractivity contribution in [2.24, 2.45) is 5.92 Å². The molecule has 1 aromatic rings. The highest BCUT2D eigenvalue weighted by Gasteiger charge is 2.27. The number of likely N-dealkylation sites (tertiary alicyclic amines) is 1. The molecule has 128 valence electrons. The number of carbonyl (C=O) groups excluding carboxylic acids is 1. The van der Waals surface area contributed by atoms with E-state index in [1.807, 2.05) is 31.7 Å². The van der Waals surface area contributed by atoms with Crippen molar-refractivity contribution in [2.45, 2.75) is 46.1 Å². The summed E-state index contributed by atoms with van der Waals surface area (Å²) < 4.78 is 6.56. The Kier molecular flexibility index (Phi) is 5.95. The molecule has 1 unspecified atom stereocenters. The van der Waals surface area contributed by atoms with Crippen LogP contribution in [0.3, 0.4) is 0 Å². The van der Waals surface area contributed by atoms with E-state index < -0.39 is 5.60 Å². The number of nitrogens with zero attached hydrogens (tertiary/aromatic N) is 1. The number of ether oxygens (including phenoxy) is 1. The van der Waals surface area contributed by atoms with Gasteiger partial charge in [-0.1, -0.05) is 22.0 Å². The molecule has 0 aromatic heterocycles. The van der Waals surface area contributed by atoms with E-state index in [-0.39, 0.29) is 6.09 Å². The fourth-order valence-electron chi connectivity index (χ4n) is 2.76. The molecular weight excluding hydrogens is 356 g/mol. The highest BCUT2D eigenvalue weighted by Crippen LogP contribution is 2.23. The molecular formula is C18H27BrN2O2. The average molecular weight is 383 g/mol. The van der Waals surface area contributed by atoms with Gasteiger partial charge in [0.2, 0.25) is 0 Å². The Morgan fingerprint density at radius 1 is 1.43 bits per heavy atom. The van der Waals surface area contributed by atoms with Crippen molar-refractivity contribution in [1.29, 1.82) is 0 Å². The summed E-state index contributed by atoms with van der Waals surface area (Å²) in [4.78, 5) is 14.1. The standard InChI is InChI=1S/C18H27BrN2O2/c1-13-7-8-15(19)10-16(13)20-11-14-6-5-9-21(12-14)17(22)23-18(2,3)4/h7-8,10,14,20H,5-6,9,11-12H2,1-4H3. The van der Waals surface area contributed by atoms with E-state index in [0.717, 1.165) is 42.6 Å². The van der Waals surface area contributed by atoms with Crippen molar-refractivity contribution in [1.82, 2.24) is 4.90 Å². The van der Waals surface area contributed by atoms with Gasteiger partial charge in [0.15, 0.2) is 0 Å². The molecule has 0 saturated carbocycles. The van der Waals surface area contributed by atoms with Gasteiger partial charge >= 0.3 is 6.09 Å². The summed E-state index contributed by atoms with van der Waals surface area (Å²) in [6.07, 6.45) is 1.98. The summed E-state index contributed by atoms with van der Waals surface area (Å²) >= 11 is 3.51. The Balaban J connectivity index is 1.89. The molecule has 23 heavy (non-hydrogen) atoms. The molecule has 1 aromatic carbocycles. The zero-order valence-electron chi connectivity index (χ0n) is 14.5. The van der Waals surface area contributed by atoms with Gasteiger partial charge in [-0.2, -0.15) is 0 Å². The summed E-state index contributed by atoms with van der Waals surface area (Å²) in [6, 6.07) is 6.25. The molecule has 4 nitrogen and oxygen atoms in total. The second-order valence-electron chi connectivity index (χ2n) is 7.27. The van der Waals surface area contributed by atoms with Crippen LogP contribution >= 0.6 is 15.9 Å². The number of hydrogen-bond acceptors (Lipinski definition) is 3. The van der Waals surface area contributed by atoms with Crippen molar-refractivity contribution in [3.05, 3.63) is 28.2 Å². The topological polar surface area (TPSA) is 41.6 Å². The maximum Gasteiger partial charge on any atom is 0.410 e. The van der Waals surface area contributed by atoms with Crippen molar-refractivity contribution in [2.75, 3.05) is 25.0 Å². The number of aryl methyl sites for hydroxylation is 1. The Labute approximate surface area is 147 Å². The molecule has 0 bridgehead atoms. The number of amides is 1. The predicted octanol–water partition coefficient (Wildman–Crippen LogP) is 4.82. The van der Waals surface area contributed by atoms with E-state index in [2.05, 4.69) is 40.3 Å². The first-order valence-corrected chi connectivity index (χ1v) is 9.02. The van der Waals surface area contributed by atoms with Gasteiger partial charge in [0.25, 0.3) is 0 Å². The van der Waals surface area contributed by atoms with Crippen LogP contribution in [0.1, 0.15) is 39.2 Å². The van der Waals surface area contributed by atoms with E-state index in [9.17, 15) is 4.79 Å². The summed E-state index contributed by atoms with van der Waals surface area (Å²) in [5.74, 6) is 0.453. The van der Waals surface area contributed by atoms with Crippen molar-refractivity contribution < 1.29 is 9.53 Å². The second kappa shape index (κ2) is 7.56. The molecule has 2 rings (SSSR count). The summed E-state index contributed by atoms with van der Waals surface area (Å²) in [5.41, 5.74) is 1.94. The van der Waals surface area contributed by atoms with Gasteiger partial charge in [-0.05, 0) is 64.2 Å². The largest absolute Gasteiger partial charge is 0.444 e. The van der Waals surface area contributed by atoms with Gasteiger partial charge in [0.05, 0.1) is 0 Å². The van der Waals surface area contributed by atoms with Gasteiger partial charge in [-0.3, -0.25) is 0 Å². The van der Waals surface area contributed by atoms with Crippen molar-refractivity contribution in [3.63, 3.8) is 0 Å². The number of nitrogens with one attached hydrogen (secondary N) is 1. The van der Waals surface area contributed by atoms with Gasteiger partial charge < -0.3 is 15.0 Å².